The summed E-state index contributed by atoms with van der Waals surface area (Å²) < 4.78 is 36.4. The predicted octanol–water partition coefficient (Wildman–Crippen LogP) is 4.77. The maximum absolute atomic E-state index is 11.4. The van der Waals surface area contributed by atoms with Crippen LogP contribution in [0.2, 0.25) is 5.02 Å². The summed E-state index contributed by atoms with van der Waals surface area (Å²) in [4.78, 5) is 8.00. The quantitative estimate of drug-likeness (QED) is 0.382. The highest BCUT2D eigenvalue weighted by atomic mass is 35.5. The SMILES string of the molecule is CCCOc1c(C#N)cc(C(C)(C)c2ccc(OCc3ccnc(NS(C)(=O)=O)n3)cc2)c(O)c1Cl. The molecule has 2 aromatic carbocycles. The molecule has 1 heterocycles. The first kappa shape index (κ1) is 27.0. The van der Waals surface area contributed by atoms with Crippen molar-refractivity contribution in [3.05, 3.63) is 70.0 Å². The van der Waals surface area contributed by atoms with Crippen LogP contribution in [0.15, 0.2) is 42.6 Å². The summed E-state index contributed by atoms with van der Waals surface area (Å²) in [6.07, 6.45) is 3.20. The average molecular weight is 531 g/mol. The molecule has 0 fully saturated rings. The average Bonchev–Trinajstić information content (AvgIpc) is 2.83. The van der Waals surface area contributed by atoms with E-state index < -0.39 is 15.4 Å². The van der Waals surface area contributed by atoms with Gasteiger partial charge in [-0.25, -0.2) is 18.4 Å². The van der Waals surface area contributed by atoms with Gasteiger partial charge >= 0.3 is 0 Å². The minimum Gasteiger partial charge on any atom is -0.506 e. The van der Waals surface area contributed by atoms with E-state index in [9.17, 15) is 18.8 Å². The molecule has 190 valence electrons. The zero-order valence-corrected chi connectivity index (χ0v) is 21.9. The summed E-state index contributed by atoms with van der Waals surface area (Å²) in [6, 6.07) is 12.6. The van der Waals surface area contributed by atoms with Crippen molar-refractivity contribution in [2.24, 2.45) is 0 Å². The number of nitrogens with zero attached hydrogens (tertiary/aromatic N) is 3. The molecule has 0 spiro atoms. The van der Waals surface area contributed by atoms with Crippen LogP contribution >= 0.6 is 11.6 Å². The molecule has 11 heteroatoms. The van der Waals surface area contributed by atoms with E-state index in [1.54, 1.807) is 24.3 Å². The number of ether oxygens (including phenoxy) is 2. The van der Waals surface area contributed by atoms with Gasteiger partial charge in [-0.1, -0.05) is 44.5 Å². The second-order valence-electron chi connectivity index (χ2n) is 8.61. The first-order valence-electron chi connectivity index (χ1n) is 11.1. The molecule has 0 saturated carbocycles. The van der Waals surface area contributed by atoms with Gasteiger partial charge in [0.2, 0.25) is 16.0 Å². The van der Waals surface area contributed by atoms with Gasteiger partial charge in [-0.05, 0) is 36.2 Å². The number of sulfonamides is 1. The minimum atomic E-state index is -3.49. The summed E-state index contributed by atoms with van der Waals surface area (Å²) in [5, 5.41) is 20.5. The van der Waals surface area contributed by atoms with Crippen LogP contribution < -0.4 is 14.2 Å². The van der Waals surface area contributed by atoms with E-state index in [2.05, 4.69) is 20.8 Å². The summed E-state index contributed by atoms with van der Waals surface area (Å²) in [5.41, 5.74) is 1.40. The number of phenols is 1. The first-order chi connectivity index (χ1) is 17.0. The van der Waals surface area contributed by atoms with Crippen molar-refractivity contribution in [1.82, 2.24) is 9.97 Å². The van der Waals surface area contributed by atoms with Gasteiger partial charge in [0.15, 0.2) is 5.75 Å². The lowest BCUT2D eigenvalue weighted by atomic mass is 9.77. The van der Waals surface area contributed by atoms with Crippen LogP contribution in [0.3, 0.4) is 0 Å². The molecule has 0 atom stereocenters. The Labute approximate surface area is 215 Å². The van der Waals surface area contributed by atoms with Crippen LogP contribution in [-0.2, 0) is 22.0 Å². The number of hydrogen-bond donors (Lipinski definition) is 2. The Kier molecular flexibility index (Phi) is 8.28. The fraction of sp³-hybridized carbons (Fsp3) is 0.320. The van der Waals surface area contributed by atoms with Crippen molar-refractivity contribution in [1.29, 1.82) is 5.26 Å². The molecule has 36 heavy (non-hydrogen) atoms. The van der Waals surface area contributed by atoms with E-state index in [4.69, 9.17) is 21.1 Å². The molecular formula is C25H27ClN4O5S. The van der Waals surface area contributed by atoms with Crippen molar-refractivity contribution in [2.75, 3.05) is 17.6 Å². The molecule has 0 bridgehead atoms. The molecule has 0 unspecified atom stereocenters. The van der Waals surface area contributed by atoms with Crippen LogP contribution in [0.25, 0.3) is 0 Å². The summed E-state index contributed by atoms with van der Waals surface area (Å²) in [6.45, 7) is 6.25. The zero-order chi connectivity index (χ0) is 26.5. The molecule has 0 aliphatic rings. The monoisotopic (exact) mass is 530 g/mol. The lowest BCUT2D eigenvalue weighted by Gasteiger charge is -2.28. The third-order valence-electron chi connectivity index (χ3n) is 5.39. The smallest absolute Gasteiger partial charge is 0.236 e. The van der Waals surface area contributed by atoms with Crippen LogP contribution in [0.4, 0.5) is 5.95 Å². The lowest BCUT2D eigenvalue weighted by Crippen LogP contribution is -2.20. The van der Waals surface area contributed by atoms with Gasteiger partial charge in [0.05, 0.1) is 24.1 Å². The second kappa shape index (κ2) is 11.0. The third-order valence-corrected chi connectivity index (χ3v) is 6.30. The highest BCUT2D eigenvalue weighted by Crippen LogP contribution is 2.46. The lowest BCUT2D eigenvalue weighted by molar-refractivity contribution is 0.301. The molecule has 0 aliphatic heterocycles. The number of halogens is 1. The van der Waals surface area contributed by atoms with Crippen molar-refractivity contribution in [2.45, 2.75) is 39.2 Å². The number of anilines is 1. The van der Waals surface area contributed by atoms with Crippen molar-refractivity contribution in [3.63, 3.8) is 0 Å². The highest BCUT2D eigenvalue weighted by molar-refractivity contribution is 7.91. The number of nitriles is 1. The Morgan fingerprint density at radius 2 is 1.89 bits per heavy atom. The zero-order valence-electron chi connectivity index (χ0n) is 20.4. The molecule has 0 radical (unpaired) electrons. The molecule has 0 amide bonds. The van der Waals surface area contributed by atoms with Crippen molar-refractivity contribution < 1.29 is 23.0 Å². The maximum atomic E-state index is 11.4. The van der Waals surface area contributed by atoms with Gasteiger partial charge in [0.1, 0.15) is 29.2 Å². The molecule has 3 rings (SSSR count). The summed E-state index contributed by atoms with van der Waals surface area (Å²) >= 11 is 6.39. The van der Waals surface area contributed by atoms with Gasteiger partial charge in [-0.3, -0.25) is 4.72 Å². The Morgan fingerprint density at radius 3 is 2.50 bits per heavy atom. The van der Waals surface area contributed by atoms with E-state index in [0.717, 1.165) is 18.2 Å². The molecular weight excluding hydrogens is 504 g/mol. The topological polar surface area (TPSA) is 134 Å². The van der Waals surface area contributed by atoms with Crippen LogP contribution in [0.5, 0.6) is 17.2 Å². The Bertz CT molecular complexity index is 1390. The van der Waals surface area contributed by atoms with Gasteiger partial charge in [0, 0.05) is 17.2 Å². The Balaban J connectivity index is 1.80. The predicted molar refractivity (Wildman–Crippen MR) is 137 cm³/mol. The van der Waals surface area contributed by atoms with Gasteiger partial charge in [-0.2, -0.15) is 5.26 Å². The van der Waals surface area contributed by atoms with Crippen LogP contribution in [0, 0.1) is 11.3 Å². The molecule has 0 saturated heterocycles. The van der Waals surface area contributed by atoms with E-state index in [0.29, 0.717) is 23.6 Å². The number of benzene rings is 2. The van der Waals surface area contributed by atoms with E-state index in [1.165, 1.54) is 6.20 Å². The molecule has 2 N–H and O–H groups in total. The van der Waals surface area contributed by atoms with Crippen molar-refractivity contribution in [3.8, 4) is 23.3 Å². The number of nitrogens with one attached hydrogen (secondary N) is 1. The van der Waals surface area contributed by atoms with E-state index in [-0.39, 0.29) is 34.6 Å². The molecule has 0 aliphatic carbocycles. The number of aromatic nitrogens is 2. The molecule has 3 aromatic rings. The Hall–Kier alpha value is -3.55. The minimum absolute atomic E-state index is 0.0140. The summed E-state index contributed by atoms with van der Waals surface area (Å²) in [7, 11) is -3.49. The number of hydrogen-bond acceptors (Lipinski definition) is 8. The van der Waals surface area contributed by atoms with E-state index in [1.807, 2.05) is 32.9 Å². The van der Waals surface area contributed by atoms with Gasteiger partial charge in [0.25, 0.3) is 0 Å². The van der Waals surface area contributed by atoms with Crippen molar-refractivity contribution >= 4 is 27.6 Å². The number of aromatic hydroxyl groups is 1. The van der Waals surface area contributed by atoms with E-state index >= 15 is 0 Å². The fourth-order valence-electron chi connectivity index (χ4n) is 3.50. The fourth-order valence-corrected chi connectivity index (χ4v) is 4.19. The molecule has 1 aromatic heterocycles. The second-order valence-corrected chi connectivity index (χ2v) is 10.7. The third kappa shape index (κ3) is 6.36. The van der Waals surface area contributed by atoms with Crippen LogP contribution in [0.1, 0.15) is 49.6 Å². The standard InChI is InChI=1S/C25H27ClN4O5S/c1-5-12-34-23-16(14-27)13-20(22(31)21(23)26)25(2,3)17-6-8-19(9-7-17)35-15-18-10-11-28-24(29-18)30-36(4,32)33/h6-11,13,31H,5,12,15H2,1-4H3,(H,28,29,30). The maximum Gasteiger partial charge on any atom is 0.236 e. The Morgan fingerprint density at radius 1 is 1.19 bits per heavy atom. The summed E-state index contributed by atoms with van der Waals surface area (Å²) in [5.74, 6) is 0.585. The molecule has 9 nitrogen and oxygen atoms in total. The highest BCUT2D eigenvalue weighted by Gasteiger charge is 2.30. The number of rotatable bonds is 10. The number of phenolic OH excluding ortho intramolecular Hbond substituents is 1. The largest absolute Gasteiger partial charge is 0.506 e. The van der Waals surface area contributed by atoms with Crippen LogP contribution in [-0.4, -0.2) is 36.4 Å². The van der Waals surface area contributed by atoms with Gasteiger partial charge < -0.3 is 14.6 Å². The first-order valence-corrected chi connectivity index (χ1v) is 13.3. The van der Waals surface area contributed by atoms with Gasteiger partial charge in [-0.15, -0.1) is 0 Å². The normalized spacial score (nSPS) is 11.6.